The first-order chi connectivity index (χ1) is 7.85. The smallest absolute Gasteiger partial charge is 0.326 e. The van der Waals surface area contributed by atoms with Crippen molar-refractivity contribution in [3.8, 4) is 0 Å². The molecule has 1 saturated heterocycles. The second-order valence-corrected chi connectivity index (χ2v) is 4.73. The number of nitrogens with one attached hydrogen (secondary N) is 1. The lowest BCUT2D eigenvalue weighted by Crippen LogP contribution is -2.52. The fourth-order valence-electron chi connectivity index (χ4n) is 1.77. The van der Waals surface area contributed by atoms with Gasteiger partial charge in [-0.15, -0.1) is 0 Å². The molecule has 3 N–H and O–H groups in total. The number of carbonyl (C=O) groups excluding carboxylic acids is 1. The summed E-state index contributed by atoms with van der Waals surface area (Å²) in [6.45, 7) is 4.36. The number of rotatable bonds is 3. The van der Waals surface area contributed by atoms with Crippen LogP contribution in [0.3, 0.4) is 0 Å². The minimum Gasteiger partial charge on any atom is -0.480 e. The van der Waals surface area contributed by atoms with Crippen LogP contribution in [0.1, 0.15) is 33.1 Å². The highest BCUT2D eigenvalue weighted by Crippen LogP contribution is 2.20. The number of carboxylic acids is 1. The second kappa shape index (κ2) is 5.35. The Balaban J connectivity index is 2.46. The van der Waals surface area contributed by atoms with Gasteiger partial charge >= 0.3 is 12.0 Å². The number of hydrogen-bond acceptors (Lipinski definition) is 3. The lowest BCUT2D eigenvalue weighted by Gasteiger charge is -2.36. The van der Waals surface area contributed by atoms with E-state index in [2.05, 4.69) is 5.32 Å². The number of amides is 2. The van der Waals surface area contributed by atoms with Crippen LogP contribution in [0.4, 0.5) is 4.79 Å². The fourth-order valence-corrected chi connectivity index (χ4v) is 1.77. The number of carbonyl (C=O) groups is 2. The molecule has 1 aliphatic rings. The molecule has 0 saturated carbocycles. The van der Waals surface area contributed by atoms with E-state index in [4.69, 9.17) is 5.11 Å². The van der Waals surface area contributed by atoms with E-state index in [1.54, 1.807) is 18.7 Å². The van der Waals surface area contributed by atoms with Crippen LogP contribution in [0.5, 0.6) is 0 Å². The molecule has 98 valence electrons. The number of likely N-dealkylation sites (tertiary alicyclic amines) is 1. The molecule has 1 aliphatic heterocycles. The van der Waals surface area contributed by atoms with E-state index in [0.717, 1.165) is 0 Å². The zero-order valence-corrected chi connectivity index (χ0v) is 10.3. The highest BCUT2D eigenvalue weighted by molar-refractivity contribution is 5.82. The molecule has 0 bridgehead atoms. The van der Waals surface area contributed by atoms with E-state index >= 15 is 0 Å². The van der Waals surface area contributed by atoms with Crippen molar-refractivity contribution in [2.24, 2.45) is 0 Å². The maximum atomic E-state index is 11.8. The highest BCUT2D eigenvalue weighted by Gasteiger charge is 2.30. The molecule has 2 amide bonds. The molecule has 0 aliphatic carbocycles. The SMILES string of the molecule is CC[C@H](NC(=O)N1CCC(C)(O)CC1)C(=O)O. The molecule has 1 atom stereocenters. The first-order valence-electron chi connectivity index (χ1n) is 5.86. The number of urea groups is 1. The summed E-state index contributed by atoms with van der Waals surface area (Å²) in [4.78, 5) is 24.1. The van der Waals surface area contributed by atoms with Crippen molar-refractivity contribution >= 4 is 12.0 Å². The zero-order chi connectivity index (χ0) is 13.1. The van der Waals surface area contributed by atoms with Gasteiger partial charge in [0.2, 0.25) is 0 Å². The van der Waals surface area contributed by atoms with E-state index in [-0.39, 0.29) is 6.03 Å². The molecule has 0 spiro atoms. The number of nitrogens with zero attached hydrogens (tertiary/aromatic N) is 1. The predicted octanol–water partition coefficient (Wildman–Crippen LogP) is 0.406. The monoisotopic (exact) mass is 244 g/mol. The predicted molar refractivity (Wildman–Crippen MR) is 61.7 cm³/mol. The minimum absolute atomic E-state index is 0.354. The van der Waals surface area contributed by atoms with E-state index in [1.807, 2.05) is 0 Å². The summed E-state index contributed by atoms with van der Waals surface area (Å²) in [6, 6.07) is -1.21. The van der Waals surface area contributed by atoms with E-state index < -0.39 is 17.6 Å². The van der Waals surface area contributed by atoms with E-state index in [0.29, 0.717) is 32.4 Å². The van der Waals surface area contributed by atoms with Crippen molar-refractivity contribution in [2.75, 3.05) is 13.1 Å². The molecule has 0 radical (unpaired) electrons. The van der Waals surface area contributed by atoms with Crippen molar-refractivity contribution in [3.63, 3.8) is 0 Å². The van der Waals surface area contributed by atoms with Gasteiger partial charge < -0.3 is 20.4 Å². The summed E-state index contributed by atoms with van der Waals surface area (Å²) in [5.41, 5.74) is -0.715. The third-order valence-corrected chi connectivity index (χ3v) is 3.13. The molecule has 1 fully saturated rings. The lowest BCUT2D eigenvalue weighted by atomic mass is 9.94. The summed E-state index contributed by atoms with van der Waals surface area (Å²) in [5, 5.41) is 21.0. The zero-order valence-electron chi connectivity index (χ0n) is 10.3. The standard InChI is InChI=1S/C11H20N2O4/c1-3-8(9(14)15)12-10(16)13-6-4-11(2,17)5-7-13/h8,17H,3-7H2,1-2H3,(H,12,16)(H,14,15)/t8-/m0/s1. The Morgan fingerprint density at radius 2 is 1.94 bits per heavy atom. The van der Waals surface area contributed by atoms with Gasteiger partial charge in [-0.3, -0.25) is 0 Å². The average molecular weight is 244 g/mol. The van der Waals surface area contributed by atoms with E-state index in [1.165, 1.54) is 0 Å². The summed E-state index contributed by atoms with van der Waals surface area (Å²) in [6.07, 6.45) is 1.39. The molecule has 0 aromatic heterocycles. The number of aliphatic hydroxyl groups is 1. The maximum absolute atomic E-state index is 11.8. The van der Waals surface area contributed by atoms with Crippen molar-refractivity contribution in [3.05, 3.63) is 0 Å². The fraction of sp³-hybridized carbons (Fsp3) is 0.818. The quantitative estimate of drug-likeness (QED) is 0.670. The van der Waals surface area contributed by atoms with Crippen LogP contribution in [0.2, 0.25) is 0 Å². The van der Waals surface area contributed by atoms with Gasteiger partial charge in [-0.05, 0) is 26.2 Å². The van der Waals surface area contributed by atoms with Crippen molar-refractivity contribution in [2.45, 2.75) is 44.8 Å². The van der Waals surface area contributed by atoms with E-state index in [9.17, 15) is 14.7 Å². The molecular weight excluding hydrogens is 224 g/mol. The van der Waals surface area contributed by atoms with Crippen LogP contribution in [-0.2, 0) is 4.79 Å². The van der Waals surface area contributed by atoms with Gasteiger partial charge in [0.1, 0.15) is 6.04 Å². The Morgan fingerprint density at radius 3 is 2.35 bits per heavy atom. The molecule has 0 unspecified atom stereocenters. The van der Waals surface area contributed by atoms with Crippen LogP contribution in [0, 0.1) is 0 Å². The van der Waals surface area contributed by atoms with Crippen LogP contribution in [-0.4, -0.2) is 51.8 Å². The Hall–Kier alpha value is -1.30. The average Bonchev–Trinajstić information content (AvgIpc) is 2.25. The van der Waals surface area contributed by atoms with Gasteiger partial charge in [-0.25, -0.2) is 9.59 Å². The van der Waals surface area contributed by atoms with Gasteiger partial charge in [0.25, 0.3) is 0 Å². The Labute approximate surface area is 101 Å². The van der Waals surface area contributed by atoms with Crippen molar-refractivity contribution in [1.82, 2.24) is 10.2 Å². The van der Waals surface area contributed by atoms with Crippen LogP contribution in [0.15, 0.2) is 0 Å². The minimum atomic E-state index is -1.02. The molecule has 0 aromatic rings. The summed E-state index contributed by atoms with van der Waals surface area (Å²) in [7, 11) is 0. The Kier molecular flexibility index (Phi) is 4.34. The number of piperidine rings is 1. The Morgan fingerprint density at radius 1 is 1.41 bits per heavy atom. The third kappa shape index (κ3) is 3.89. The molecule has 1 rings (SSSR count). The third-order valence-electron chi connectivity index (χ3n) is 3.13. The van der Waals surface area contributed by atoms with Gasteiger partial charge in [-0.2, -0.15) is 0 Å². The van der Waals surface area contributed by atoms with Crippen molar-refractivity contribution < 1.29 is 19.8 Å². The van der Waals surface area contributed by atoms with Crippen LogP contribution in [0.25, 0.3) is 0 Å². The first-order valence-corrected chi connectivity index (χ1v) is 5.86. The number of hydrogen-bond donors (Lipinski definition) is 3. The highest BCUT2D eigenvalue weighted by atomic mass is 16.4. The summed E-state index contributed by atoms with van der Waals surface area (Å²) >= 11 is 0. The summed E-state index contributed by atoms with van der Waals surface area (Å²) < 4.78 is 0. The lowest BCUT2D eigenvalue weighted by molar-refractivity contribution is -0.139. The van der Waals surface area contributed by atoms with Gasteiger partial charge in [0.05, 0.1) is 5.60 Å². The topological polar surface area (TPSA) is 89.9 Å². The van der Waals surface area contributed by atoms with Crippen LogP contribution >= 0.6 is 0 Å². The second-order valence-electron chi connectivity index (χ2n) is 4.73. The molecule has 6 heteroatoms. The first kappa shape index (κ1) is 13.8. The molecule has 0 aromatic carbocycles. The number of carboxylic acid groups (broad SMARTS) is 1. The normalized spacial score (nSPS) is 20.8. The van der Waals surface area contributed by atoms with Gasteiger partial charge in [0, 0.05) is 13.1 Å². The molecule has 17 heavy (non-hydrogen) atoms. The van der Waals surface area contributed by atoms with Gasteiger partial charge in [0.15, 0.2) is 0 Å². The van der Waals surface area contributed by atoms with Gasteiger partial charge in [-0.1, -0.05) is 6.92 Å². The maximum Gasteiger partial charge on any atom is 0.326 e. The summed E-state index contributed by atoms with van der Waals surface area (Å²) in [5.74, 6) is -1.02. The van der Waals surface area contributed by atoms with Crippen LogP contribution < -0.4 is 5.32 Å². The molecule has 1 heterocycles. The molecular formula is C11H20N2O4. The Bertz CT molecular complexity index is 294. The van der Waals surface area contributed by atoms with Crippen molar-refractivity contribution in [1.29, 1.82) is 0 Å². The molecule has 6 nitrogen and oxygen atoms in total. The largest absolute Gasteiger partial charge is 0.480 e. The number of aliphatic carboxylic acids is 1.